The smallest absolute Gasteiger partial charge is 0.213 e. The van der Waals surface area contributed by atoms with E-state index in [1.165, 1.54) is 6.39 Å². The molecule has 18 heavy (non-hydrogen) atoms. The van der Waals surface area contributed by atoms with Crippen molar-refractivity contribution in [2.24, 2.45) is 5.92 Å². The van der Waals surface area contributed by atoms with Gasteiger partial charge in [-0.05, 0) is 18.8 Å². The third kappa shape index (κ3) is 7.37. The highest BCUT2D eigenvalue weighted by Gasteiger charge is 2.05. The Morgan fingerprint density at radius 1 is 1.50 bits per heavy atom. The molecule has 2 N–H and O–H groups in total. The number of hydrogen-bond donors (Lipinski definition) is 2. The van der Waals surface area contributed by atoms with Gasteiger partial charge in [-0.2, -0.15) is 4.98 Å². The Morgan fingerprint density at radius 3 is 3.00 bits per heavy atom. The Balaban J connectivity index is 1.92. The van der Waals surface area contributed by atoms with Gasteiger partial charge in [-0.15, -0.1) is 0 Å². The molecular formula is C12H23N3O3. The highest BCUT2D eigenvalue weighted by Crippen LogP contribution is 2.03. The zero-order valence-corrected chi connectivity index (χ0v) is 11.1. The van der Waals surface area contributed by atoms with E-state index in [4.69, 9.17) is 4.74 Å². The number of ether oxygens (including phenoxy) is 1. The molecule has 6 heteroatoms. The standard InChI is InChI=1S/C12H23N3O3/c1-10(2)4-3-5-17-8-11(16)6-13-7-12-14-9-18-15-12/h9-11,13,16H,3-8H2,1-2H3. The van der Waals surface area contributed by atoms with Gasteiger partial charge in [-0.1, -0.05) is 19.0 Å². The van der Waals surface area contributed by atoms with Crippen molar-refractivity contribution in [2.75, 3.05) is 19.8 Å². The molecule has 1 aromatic rings. The maximum atomic E-state index is 9.63. The van der Waals surface area contributed by atoms with Crippen LogP contribution in [0.1, 0.15) is 32.5 Å². The first-order valence-corrected chi connectivity index (χ1v) is 6.40. The average molecular weight is 257 g/mol. The van der Waals surface area contributed by atoms with E-state index < -0.39 is 6.10 Å². The number of hydrogen-bond acceptors (Lipinski definition) is 6. The summed E-state index contributed by atoms with van der Waals surface area (Å²) >= 11 is 0. The van der Waals surface area contributed by atoms with Crippen molar-refractivity contribution in [1.82, 2.24) is 15.5 Å². The molecule has 0 bridgehead atoms. The van der Waals surface area contributed by atoms with Gasteiger partial charge in [-0.3, -0.25) is 0 Å². The predicted octanol–water partition coefficient (Wildman–Crippen LogP) is 0.973. The van der Waals surface area contributed by atoms with Crippen LogP contribution in [0.4, 0.5) is 0 Å². The van der Waals surface area contributed by atoms with Crippen molar-refractivity contribution in [3.05, 3.63) is 12.2 Å². The van der Waals surface area contributed by atoms with Gasteiger partial charge in [0.15, 0.2) is 5.82 Å². The van der Waals surface area contributed by atoms with Crippen LogP contribution in [0.3, 0.4) is 0 Å². The summed E-state index contributed by atoms with van der Waals surface area (Å²) in [6.07, 6.45) is 2.98. The number of aromatic nitrogens is 2. The average Bonchev–Trinajstić information content (AvgIpc) is 2.81. The van der Waals surface area contributed by atoms with Crippen LogP contribution in [0.15, 0.2) is 10.9 Å². The maximum Gasteiger partial charge on any atom is 0.213 e. The first-order valence-electron chi connectivity index (χ1n) is 6.40. The molecule has 6 nitrogen and oxygen atoms in total. The molecule has 0 spiro atoms. The lowest BCUT2D eigenvalue weighted by molar-refractivity contribution is 0.0345. The normalized spacial score (nSPS) is 13.1. The van der Waals surface area contributed by atoms with E-state index in [1.807, 2.05) is 0 Å². The van der Waals surface area contributed by atoms with Crippen LogP contribution in [0.5, 0.6) is 0 Å². The second-order valence-corrected chi connectivity index (χ2v) is 4.74. The van der Waals surface area contributed by atoms with E-state index in [2.05, 4.69) is 33.8 Å². The van der Waals surface area contributed by atoms with Crippen molar-refractivity contribution in [3.8, 4) is 0 Å². The summed E-state index contributed by atoms with van der Waals surface area (Å²) in [7, 11) is 0. The van der Waals surface area contributed by atoms with Gasteiger partial charge in [0.05, 0.1) is 19.3 Å². The lowest BCUT2D eigenvalue weighted by atomic mass is 10.1. The van der Waals surface area contributed by atoms with Gasteiger partial charge >= 0.3 is 0 Å². The summed E-state index contributed by atoms with van der Waals surface area (Å²) in [4.78, 5) is 3.86. The SMILES string of the molecule is CC(C)CCCOCC(O)CNCc1ncon1. The van der Waals surface area contributed by atoms with Crippen molar-refractivity contribution < 1.29 is 14.4 Å². The largest absolute Gasteiger partial charge is 0.389 e. The zero-order valence-electron chi connectivity index (χ0n) is 11.1. The third-order valence-corrected chi connectivity index (χ3v) is 2.45. The monoisotopic (exact) mass is 257 g/mol. The Morgan fingerprint density at radius 2 is 2.33 bits per heavy atom. The van der Waals surface area contributed by atoms with Crippen molar-refractivity contribution >= 4 is 0 Å². The molecule has 0 saturated heterocycles. The van der Waals surface area contributed by atoms with E-state index in [0.717, 1.165) is 12.8 Å². The molecule has 1 unspecified atom stereocenters. The molecule has 0 aromatic carbocycles. The summed E-state index contributed by atoms with van der Waals surface area (Å²) in [5.74, 6) is 1.29. The minimum absolute atomic E-state index is 0.358. The van der Waals surface area contributed by atoms with Gasteiger partial charge < -0.3 is 19.7 Å². The van der Waals surface area contributed by atoms with E-state index >= 15 is 0 Å². The van der Waals surface area contributed by atoms with Crippen LogP contribution in [-0.2, 0) is 11.3 Å². The molecule has 0 aliphatic heterocycles. The fraction of sp³-hybridized carbons (Fsp3) is 0.833. The molecule has 1 aromatic heterocycles. The fourth-order valence-corrected chi connectivity index (χ4v) is 1.49. The highest BCUT2D eigenvalue weighted by atomic mass is 16.5. The Bertz CT molecular complexity index is 291. The Labute approximate surface area is 108 Å². The number of aliphatic hydroxyl groups excluding tert-OH is 1. The summed E-state index contributed by atoms with van der Waals surface area (Å²) in [5.41, 5.74) is 0. The van der Waals surface area contributed by atoms with Gasteiger partial charge in [0, 0.05) is 13.2 Å². The van der Waals surface area contributed by atoms with Crippen LogP contribution in [-0.4, -0.2) is 41.1 Å². The topological polar surface area (TPSA) is 80.4 Å². The molecular weight excluding hydrogens is 234 g/mol. The summed E-state index contributed by atoms with van der Waals surface area (Å²) in [5, 5.41) is 16.3. The molecule has 0 aliphatic rings. The fourth-order valence-electron chi connectivity index (χ4n) is 1.49. The first-order chi connectivity index (χ1) is 8.68. The van der Waals surface area contributed by atoms with Gasteiger partial charge in [0.25, 0.3) is 0 Å². The molecule has 1 rings (SSSR count). The van der Waals surface area contributed by atoms with E-state index in [-0.39, 0.29) is 0 Å². The second kappa shape index (κ2) is 9.02. The van der Waals surface area contributed by atoms with Crippen LogP contribution >= 0.6 is 0 Å². The molecule has 0 fully saturated rings. The third-order valence-electron chi connectivity index (χ3n) is 2.45. The zero-order chi connectivity index (χ0) is 13.2. The molecule has 0 amide bonds. The van der Waals surface area contributed by atoms with Gasteiger partial charge in [-0.25, -0.2) is 0 Å². The summed E-state index contributed by atoms with van der Waals surface area (Å²) in [6, 6.07) is 0. The minimum Gasteiger partial charge on any atom is -0.389 e. The van der Waals surface area contributed by atoms with E-state index in [1.54, 1.807) is 0 Å². The number of nitrogens with one attached hydrogen (secondary N) is 1. The van der Waals surface area contributed by atoms with Gasteiger partial charge in [0.1, 0.15) is 0 Å². The van der Waals surface area contributed by atoms with Crippen molar-refractivity contribution in [3.63, 3.8) is 0 Å². The quantitative estimate of drug-likeness (QED) is 0.608. The highest BCUT2D eigenvalue weighted by molar-refractivity contribution is 4.76. The summed E-state index contributed by atoms with van der Waals surface area (Å²) in [6.45, 7) is 6.39. The van der Waals surface area contributed by atoms with E-state index in [0.29, 0.717) is 38.0 Å². The lowest BCUT2D eigenvalue weighted by Crippen LogP contribution is -2.30. The van der Waals surface area contributed by atoms with Crippen molar-refractivity contribution in [1.29, 1.82) is 0 Å². The van der Waals surface area contributed by atoms with Crippen LogP contribution < -0.4 is 5.32 Å². The molecule has 1 atom stereocenters. The lowest BCUT2D eigenvalue weighted by Gasteiger charge is -2.12. The number of rotatable bonds is 10. The van der Waals surface area contributed by atoms with Gasteiger partial charge in [0.2, 0.25) is 6.39 Å². The molecule has 0 radical (unpaired) electrons. The predicted molar refractivity (Wildman–Crippen MR) is 66.9 cm³/mol. The minimum atomic E-state index is -0.504. The second-order valence-electron chi connectivity index (χ2n) is 4.74. The van der Waals surface area contributed by atoms with Crippen LogP contribution in [0.2, 0.25) is 0 Å². The van der Waals surface area contributed by atoms with Crippen LogP contribution in [0, 0.1) is 5.92 Å². The Hall–Kier alpha value is -0.980. The summed E-state index contributed by atoms with van der Waals surface area (Å²) < 4.78 is 9.99. The molecule has 104 valence electrons. The van der Waals surface area contributed by atoms with Crippen LogP contribution in [0.25, 0.3) is 0 Å². The molecule has 0 aliphatic carbocycles. The number of nitrogens with zero attached hydrogens (tertiary/aromatic N) is 2. The Kier molecular flexibility index (Phi) is 7.55. The molecule has 0 saturated carbocycles. The van der Waals surface area contributed by atoms with Crippen molar-refractivity contribution in [2.45, 2.75) is 39.3 Å². The molecule has 1 heterocycles. The van der Waals surface area contributed by atoms with E-state index in [9.17, 15) is 5.11 Å². The first kappa shape index (κ1) is 15.1. The number of aliphatic hydroxyl groups is 1. The maximum absolute atomic E-state index is 9.63.